The van der Waals surface area contributed by atoms with E-state index < -0.39 is 34.2 Å². The van der Waals surface area contributed by atoms with Crippen molar-refractivity contribution in [2.45, 2.75) is 71.7 Å². The highest BCUT2D eigenvalue weighted by Gasteiger charge is 2.28. The van der Waals surface area contributed by atoms with E-state index in [1.807, 2.05) is 81.4 Å². The molecule has 0 spiro atoms. The summed E-state index contributed by atoms with van der Waals surface area (Å²) in [5.41, 5.74) is 2.23. The van der Waals surface area contributed by atoms with E-state index in [4.69, 9.17) is 18.5 Å². The molecule has 0 fully saturated rings. The molecule has 0 aliphatic heterocycles. The van der Waals surface area contributed by atoms with Crippen LogP contribution in [0.4, 0.5) is 10.5 Å². The zero-order chi connectivity index (χ0) is 42.5. The maximum absolute atomic E-state index is 13.7. The van der Waals surface area contributed by atoms with E-state index in [-0.39, 0.29) is 49.2 Å². The van der Waals surface area contributed by atoms with Gasteiger partial charge in [-0.05, 0) is 75.4 Å². The largest absolute Gasteiger partial charge is 0.481 e. The third-order valence-electron chi connectivity index (χ3n) is 7.46. The second kappa shape index (κ2) is 23.9. The molecule has 1 amide bonds. The Bertz CT molecular complexity index is 1920. The topological polar surface area (TPSA) is 164 Å². The molecule has 4 aromatic carbocycles. The summed E-state index contributed by atoms with van der Waals surface area (Å²) in [4.78, 5) is 21.8. The third-order valence-corrected chi connectivity index (χ3v) is 10.8. The highest BCUT2D eigenvalue weighted by molar-refractivity contribution is 7.89. The van der Waals surface area contributed by atoms with Gasteiger partial charge in [0.2, 0.25) is 10.0 Å². The number of nitro groups is 1. The number of amides is 1. The van der Waals surface area contributed by atoms with E-state index in [1.165, 1.54) is 40.7 Å². The van der Waals surface area contributed by atoms with Crippen LogP contribution in [0, 0.1) is 35.8 Å². The van der Waals surface area contributed by atoms with Gasteiger partial charge in [0, 0.05) is 31.8 Å². The van der Waals surface area contributed by atoms with Crippen molar-refractivity contribution in [2.75, 3.05) is 26.0 Å². The zero-order valence-electron chi connectivity index (χ0n) is 33.4. The zero-order valence-corrected chi connectivity index (χ0v) is 35.1. The van der Waals surface area contributed by atoms with Crippen molar-refractivity contribution in [3.8, 4) is 18.6 Å². The molecular formula is C42H54N3O10PS. The van der Waals surface area contributed by atoms with Crippen LogP contribution in [-0.2, 0) is 41.6 Å². The number of ether oxygens (including phenoxy) is 2. The van der Waals surface area contributed by atoms with Gasteiger partial charge in [-0.2, -0.15) is 4.31 Å². The molecule has 0 aromatic heterocycles. The van der Waals surface area contributed by atoms with Crippen LogP contribution in [0.3, 0.4) is 0 Å². The molecule has 0 aliphatic carbocycles. The lowest BCUT2D eigenvalue weighted by Gasteiger charge is -2.24. The number of sulfonamides is 1. The second-order valence-corrected chi connectivity index (χ2v) is 17.9. The van der Waals surface area contributed by atoms with Gasteiger partial charge in [0.15, 0.2) is 6.35 Å². The van der Waals surface area contributed by atoms with Crippen LogP contribution in [0.1, 0.15) is 57.7 Å². The number of carbonyl (C=O) groups is 1. The molecule has 0 bridgehead atoms. The number of rotatable bonds is 18. The minimum atomic E-state index is -3.83. The Labute approximate surface area is 337 Å². The number of nitrogens with one attached hydrogen (secondary N) is 1. The lowest BCUT2D eigenvalue weighted by molar-refractivity contribution is -0.384. The van der Waals surface area contributed by atoms with Gasteiger partial charge in [-0.3, -0.25) is 14.7 Å². The van der Waals surface area contributed by atoms with Gasteiger partial charge in [0.05, 0.1) is 23.0 Å². The van der Waals surface area contributed by atoms with Crippen LogP contribution in [0.2, 0.25) is 0 Å². The second-order valence-electron chi connectivity index (χ2n) is 14.0. The molecule has 0 radical (unpaired) electrons. The standard InChI is InChI=1S/C33H45N2O8PS.C7H7NO2.C2H2/c1-27(2)23-35(22-12-21-34-32(36)43-33(3,4)5)45(38,39)31-19-17-30(18-20-31)40-26-44(37,41-24-28-13-8-6-9-14-28)42-25-29-15-10-7-11-16-29;1-6-2-4-7(5-3-6)8(9)10;1-2/h6-11,13-20,27H,12,21-26H2,1-5H3,(H,34,36);2-5H,1H3;1-2H. The smallest absolute Gasteiger partial charge is 0.407 e. The Kier molecular flexibility index (Phi) is 20.2. The first kappa shape index (κ1) is 48.1. The lowest BCUT2D eigenvalue weighted by Crippen LogP contribution is -2.37. The summed E-state index contributed by atoms with van der Waals surface area (Å²) in [6, 6.07) is 31.1. The maximum Gasteiger partial charge on any atom is 0.407 e. The molecule has 57 heavy (non-hydrogen) atoms. The first-order valence-electron chi connectivity index (χ1n) is 18.2. The highest BCUT2D eigenvalue weighted by atomic mass is 32.2. The first-order chi connectivity index (χ1) is 27.0. The first-order valence-corrected chi connectivity index (χ1v) is 21.3. The quantitative estimate of drug-likeness (QED) is 0.0336. The molecule has 0 saturated carbocycles. The Hall–Kier alpha value is -5.03. The molecule has 4 aromatic rings. The summed E-state index contributed by atoms with van der Waals surface area (Å²) in [6.45, 7) is 12.1. The molecule has 0 aliphatic rings. The van der Waals surface area contributed by atoms with E-state index in [0.717, 1.165) is 16.7 Å². The summed E-state index contributed by atoms with van der Waals surface area (Å²) in [5.74, 6) is 0.403. The molecule has 15 heteroatoms. The van der Waals surface area contributed by atoms with Gasteiger partial charge in [0.1, 0.15) is 11.4 Å². The van der Waals surface area contributed by atoms with E-state index in [1.54, 1.807) is 32.9 Å². The van der Waals surface area contributed by atoms with Crippen molar-refractivity contribution >= 4 is 29.4 Å². The van der Waals surface area contributed by atoms with Gasteiger partial charge < -0.3 is 23.8 Å². The van der Waals surface area contributed by atoms with Crippen LogP contribution < -0.4 is 10.1 Å². The number of hydrogen-bond acceptors (Lipinski definition) is 10. The fraction of sp³-hybridized carbons (Fsp3) is 0.357. The van der Waals surface area contributed by atoms with Crippen molar-refractivity contribution in [1.29, 1.82) is 0 Å². The van der Waals surface area contributed by atoms with E-state index >= 15 is 0 Å². The number of carbonyl (C=O) groups excluding carboxylic acids is 1. The third kappa shape index (κ3) is 18.6. The van der Waals surface area contributed by atoms with Crippen LogP contribution in [-0.4, -0.2) is 55.3 Å². The minimum absolute atomic E-state index is 0.0758. The lowest BCUT2D eigenvalue weighted by atomic mass is 10.2. The Morgan fingerprint density at radius 2 is 1.37 bits per heavy atom. The molecule has 0 atom stereocenters. The predicted molar refractivity (Wildman–Crippen MR) is 222 cm³/mol. The Morgan fingerprint density at radius 3 is 1.82 bits per heavy atom. The fourth-order valence-electron chi connectivity index (χ4n) is 4.76. The number of alkyl carbamates (subject to hydrolysis) is 1. The van der Waals surface area contributed by atoms with Crippen molar-refractivity contribution in [1.82, 2.24) is 9.62 Å². The number of aryl methyl sites for hydroxylation is 1. The molecule has 308 valence electrons. The normalized spacial score (nSPS) is 11.4. The molecule has 0 saturated heterocycles. The van der Waals surface area contributed by atoms with Crippen LogP contribution >= 0.6 is 7.60 Å². The molecular weight excluding hydrogens is 770 g/mol. The molecule has 4 rings (SSSR count). The average molecular weight is 824 g/mol. The van der Waals surface area contributed by atoms with Gasteiger partial charge in [0.25, 0.3) is 5.69 Å². The molecule has 13 nitrogen and oxygen atoms in total. The Morgan fingerprint density at radius 1 is 0.860 bits per heavy atom. The molecule has 0 heterocycles. The monoisotopic (exact) mass is 823 g/mol. The number of nitrogens with zero attached hydrogens (tertiary/aromatic N) is 2. The Balaban J connectivity index is 0.000000802. The van der Waals surface area contributed by atoms with E-state index in [0.29, 0.717) is 18.7 Å². The summed E-state index contributed by atoms with van der Waals surface area (Å²) >= 11 is 0. The van der Waals surface area contributed by atoms with Gasteiger partial charge in [-0.25, -0.2) is 13.2 Å². The summed E-state index contributed by atoms with van der Waals surface area (Å²) in [7, 11) is -7.55. The van der Waals surface area contributed by atoms with E-state index in [2.05, 4.69) is 18.2 Å². The summed E-state index contributed by atoms with van der Waals surface area (Å²) in [6.07, 6.45) is 7.51. The predicted octanol–water partition coefficient (Wildman–Crippen LogP) is 9.36. The number of hydrogen-bond donors (Lipinski definition) is 1. The molecule has 0 unspecified atom stereocenters. The van der Waals surface area contributed by atoms with Gasteiger partial charge >= 0.3 is 13.7 Å². The summed E-state index contributed by atoms with van der Waals surface area (Å²) in [5, 5.41) is 12.8. The maximum atomic E-state index is 13.7. The van der Waals surface area contributed by atoms with Gasteiger partial charge in [-0.1, -0.05) is 92.2 Å². The van der Waals surface area contributed by atoms with E-state index in [9.17, 15) is 27.9 Å². The van der Waals surface area contributed by atoms with Crippen LogP contribution in [0.15, 0.2) is 114 Å². The van der Waals surface area contributed by atoms with Crippen molar-refractivity contribution < 1.29 is 41.2 Å². The van der Waals surface area contributed by atoms with Gasteiger partial charge in [-0.15, -0.1) is 12.8 Å². The number of nitro benzene ring substituents is 1. The molecule has 1 N–H and O–H groups in total. The number of non-ortho nitro benzene ring substituents is 1. The minimum Gasteiger partial charge on any atom is -0.481 e. The fourth-order valence-corrected chi connectivity index (χ4v) is 7.62. The number of benzene rings is 4. The summed E-state index contributed by atoms with van der Waals surface area (Å²) < 4.78 is 64.7. The van der Waals surface area contributed by atoms with Crippen LogP contribution in [0.5, 0.6) is 5.75 Å². The van der Waals surface area contributed by atoms with Crippen molar-refractivity contribution in [3.63, 3.8) is 0 Å². The SMILES string of the molecule is C#C.CC(C)CN(CCCNC(=O)OC(C)(C)C)S(=O)(=O)c1ccc(OCP(=O)(OCc2ccccc2)OCc2ccccc2)cc1.Cc1ccc([N+](=O)[O-])cc1. The highest BCUT2D eigenvalue weighted by Crippen LogP contribution is 2.49. The van der Waals surface area contributed by atoms with Crippen LogP contribution in [0.25, 0.3) is 0 Å². The average Bonchev–Trinajstić information content (AvgIpc) is 3.18. The number of terminal acetylenes is 1. The van der Waals surface area contributed by atoms with Crippen molar-refractivity contribution in [2.24, 2.45) is 5.92 Å². The van der Waals surface area contributed by atoms with Crippen molar-refractivity contribution in [3.05, 3.63) is 136 Å².